The number of nitrogen functional groups attached to an aromatic ring is 1. The van der Waals surface area contributed by atoms with Crippen molar-refractivity contribution < 1.29 is 14.6 Å². The Balaban J connectivity index is 2.19. The third-order valence-electron chi connectivity index (χ3n) is 2.85. The number of nitrogens with two attached hydrogens (primary N) is 1. The Kier molecular flexibility index (Phi) is 3.14. The number of hydrogen-bond donors (Lipinski definition) is 3. The minimum absolute atomic E-state index is 0.00291. The van der Waals surface area contributed by atoms with Gasteiger partial charge in [-0.05, 0) is 0 Å². The molecule has 0 spiro atoms. The molecule has 4 N–H and O–H groups in total. The molecule has 1 saturated heterocycles. The maximum Gasteiger partial charge on any atom is 0.337 e. The van der Waals surface area contributed by atoms with Gasteiger partial charge in [0.2, 0.25) is 0 Å². The summed E-state index contributed by atoms with van der Waals surface area (Å²) in [5, 5.41) is 12.1. The van der Waals surface area contributed by atoms with E-state index in [1.165, 1.54) is 12.3 Å². The normalized spacial score (nSPS) is 23.6. The zero-order chi connectivity index (χ0) is 12.4. The molecule has 0 radical (unpaired) electrons. The summed E-state index contributed by atoms with van der Waals surface area (Å²) in [7, 11) is 0. The summed E-state index contributed by atoms with van der Waals surface area (Å²) in [6.07, 6.45) is 1.23. The topological polar surface area (TPSA) is 97.5 Å². The second kappa shape index (κ2) is 4.58. The number of nitrogens with one attached hydrogen (secondary N) is 1. The molecule has 2 atom stereocenters. The number of aromatic nitrogens is 1. The van der Waals surface area contributed by atoms with Gasteiger partial charge in [-0.25, -0.2) is 9.78 Å². The minimum Gasteiger partial charge on any atom is -0.485 e. The van der Waals surface area contributed by atoms with Gasteiger partial charge in [-0.15, -0.1) is 0 Å². The van der Waals surface area contributed by atoms with E-state index in [9.17, 15) is 4.79 Å². The summed E-state index contributed by atoms with van der Waals surface area (Å²) in [6.45, 7) is 3.68. The maximum absolute atomic E-state index is 10.8. The van der Waals surface area contributed by atoms with Crippen LogP contribution in [0.5, 0.6) is 5.75 Å². The zero-order valence-electron chi connectivity index (χ0n) is 9.51. The minimum atomic E-state index is -1.04. The Labute approximate surface area is 98.8 Å². The first-order valence-electron chi connectivity index (χ1n) is 5.44. The van der Waals surface area contributed by atoms with Gasteiger partial charge in [0.25, 0.3) is 0 Å². The highest BCUT2D eigenvalue weighted by molar-refractivity contribution is 5.88. The number of carboxylic acid groups (broad SMARTS) is 1. The van der Waals surface area contributed by atoms with E-state index in [0.717, 1.165) is 13.1 Å². The van der Waals surface area contributed by atoms with Crippen molar-refractivity contribution in [2.45, 2.75) is 13.0 Å². The standard InChI is InChI=1S/C11H15N3O3/c1-6-3-13-5-9(6)17-8-2-7(11(15)16)4-14-10(8)12/h2,4,6,9,13H,3,5H2,1H3,(H2,12,14)(H,15,16). The molecule has 92 valence electrons. The van der Waals surface area contributed by atoms with E-state index in [0.29, 0.717) is 11.7 Å². The molecule has 0 amide bonds. The van der Waals surface area contributed by atoms with Crippen molar-refractivity contribution >= 4 is 11.8 Å². The monoisotopic (exact) mass is 237 g/mol. The molecule has 1 aliphatic heterocycles. The quantitative estimate of drug-likeness (QED) is 0.701. The van der Waals surface area contributed by atoms with Crippen LogP contribution in [0.15, 0.2) is 12.3 Å². The molecule has 0 bridgehead atoms. The highest BCUT2D eigenvalue weighted by Crippen LogP contribution is 2.24. The summed E-state index contributed by atoms with van der Waals surface area (Å²) in [5.74, 6) is -0.123. The fourth-order valence-electron chi connectivity index (χ4n) is 1.77. The molecule has 6 nitrogen and oxygen atoms in total. The zero-order valence-corrected chi connectivity index (χ0v) is 9.51. The lowest BCUT2D eigenvalue weighted by Crippen LogP contribution is -2.25. The molecule has 0 saturated carbocycles. The smallest absolute Gasteiger partial charge is 0.337 e. The lowest BCUT2D eigenvalue weighted by atomic mass is 10.1. The van der Waals surface area contributed by atoms with Crippen LogP contribution in [0.25, 0.3) is 0 Å². The van der Waals surface area contributed by atoms with Crippen LogP contribution >= 0.6 is 0 Å². The molecule has 0 aromatic carbocycles. The Bertz CT molecular complexity index is 436. The highest BCUT2D eigenvalue weighted by atomic mass is 16.5. The van der Waals surface area contributed by atoms with Crippen LogP contribution in [-0.4, -0.2) is 35.3 Å². The first kappa shape index (κ1) is 11.7. The molecule has 1 fully saturated rings. The molecule has 2 rings (SSSR count). The molecule has 1 aromatic heterocycles. The molecule has 6 heteroatoms. The molecule has 2 heterocycles. The van der Waals surface area contributed by atoms with Crippen LogP contribution in [0.1, 0.15) is 17.3 Å². The largest absolute Gasteiger partial charge is 0.485 e. The Morgan fingerprint density at radius 2 is 2.41 bits per heavy atom. The molecule has 1 aromatic rings. The number of carbonyl (C=O) groups is 1. The predicted octanol–water partition coefficient (Wildman–Crippen LogP) is 0.349. The Morgan fingerprint density at radius 1 is 1.65 bits per heavy atom. The second-order valence-corrected chi connectivity index (χ2v) is 4.20. The summed E-state index contributed by atoms with van der Waals surface area (Å²) >= 11 is 0. The molecule has 17 heavy (non-hydrogen) atoms. The summed E-state index contributed by atoms with van der Waals surface area (Å²) in [5.41, 5.74) is 5.74. The number of nitrogens with zero attached hydrogens (tertiary/aromatic N) is 1. The van der Waals surface area contributed by atoms with Crippen molar-refractivity contribution in [3.05, 3.63) is 17.8 Å². The van der Waals surface area contributed by atoms with Gasteiger partial charge < -0.3 is 20.9 Å². The third kappa shape index (κ3) is 2.47. The van der Waals surface area contributed by atoms with E-state index in [1.54, 1.807) is 0 Å². The lowest BCUT2D eigenvalue weighted by Gasteiger charge is -2.17. The van der Waals surface area contributed by atoms with Crippen molar-refractivity contribution in [3.63, 3.8) is 0 Å². The van der Waals surface area contributed by atoms with Crippen LogP contribution in [-0.2, 0) is 0 Å². The molecular formula is C11H15N3O3. The third-order valence-corrected chi connectivity index (χ3v) is 2.85. The molecule has 0 aliphatic carbocycles. The maximum atomic E-state index is 10.8. The fraction of sp³-hybridized carbons (Fsp3) is 0.455. The van der Waals surface area contributed by atoms with Crippen molar-refractivity contribution in [1.29, 1.82) is 0 Å². The van der Waals surface area contributed by atoms with Crippen LogP contribution in [0.3, 0.4) is 0 Å². The lowest BCUT2D eigenvalue weighted by molar-refractivity contribution is 0.0695. The van der Waals surface area contributed by atoms with E-state index < -0.39 is 5.97 Å². The number of rotatable bonds is 3. The average molecular weight is 237 g/mol. The molecule has 1 aliphatic rings. The van der Waals surface area contributed by atoms with Crippen LogP contribution in [0.4, 0.5) is 5.82 Å². The first-order valence-corrected chi connectivity index (χ1v) is 5.44. The van der Waals surface area contributed by atoms with E-state index in [1.807, 2.05) is 0 Å². The van der Waals surface area contributed by atoms with Crippen molar-refractivity contribution in [1.82, 2.24) is 10.3 Å². The van der Waals surface area contributed by atoms with Gasteiger partial charge in [-0.1, -0.05) is 6.92 Å². The van der Waals surface area contributed by atoms with Crippen molar-refractivity contribution in [3.8, 4) is 5.75 Å². The van der Waals surface area contributed by atoms with Gasteiger partial charge in [0, 0.05) is 31.3 Å². The SMILES string of the molecule is CC1CNCC1Oc1cc(C(=O)O)cnc1N. The fourth-order valence-corrected chi connectivity index (χ4v) is 1.77. The number of pyridine rings is 1. The van der Waals surface area contributed by atoms with E-state index in [4.69, 9.17) is 15.6 Å². The van der Waals surface area contributed by atoms with Crippen LogP contribution < -0.4 is 15.8 Å². The Hall–Kier alpha value is -1.82. The van der Waals surface area contributed by atoms with Crippen molar-refractivity contribution in [2.75, 3.05) is 18.8 Å². The number of hydrogen-bond acceptors (Lipinski definition) is 5. The molecular weight excluding hydrogens is 222 g/mol. The van der Waals surface area contributed by atoms with E-state index >= 15 is 0 Å². The highest BCUT2D eigenvalue weighted by Gasteiger charge is 2.25. The van der Waals surface area contributed by atoms with Crippen LogP contribution in [0, 0.1) is 5.92 Å². The summed E-state index contributed by atoms with van der Waals surface area (Å²) < 4.78 is 5.70. The summed E-state index contributed by atoms with van der Waals surface area (Å²) in [6, 6.07) is 1.41. The first-order chi connectivity index (χ1) is 8.08. The van der Waals surface area contributed by atoms with Gasteiger partial charge in [0.1, 0.15) is 6.10 Å². The number of aromatic carboxylic acids is 1. The predicted molar refractivity (Wildman–Crippen MR) is 62.1 cm³/mol. The van der Waals surface area contributed by atoms with Gasteiger partial charge >= 0.3 is 5.97 Å². The van der Waals surface area contributed by atoms with E-state index in [-0.39, 0.29) is 17.5 Å². The Morgan fingerprint density at radius 3 is 3.00 bits per heavy atom. The van der Waals surface area contributed by atoms with Gasteiger partial charge in [-0.2, -0.15) is 0 Å². The van der Waals surface area contributed by atoms with Gasteiger partial charge in [0.15, 0.2) is 11.6 Å². The van der Waals surface area contributed by atoms with Gasteiger partial charge in [-0.3, -0.25) is 0 Å². The summed E-state index contributed by atoms with van der Waals surface area (Å²) in [4.78, 5) is 14.6. The van der Waals surface area contributed by atoms with E-state index in [2.05, 4.69) is 17.2 Å². The number of ether oxygens (including phenoxy) is 1. The number of anilines is 1. The van der Waals surface area contributed by atoms with Crippen LogP contribution in [0.2, 0.25) is 0 Å². The number of carboxylic acids is 1. The average Bonchev–Trinajstić information content (AvgIpc) is 2.67. The second-order valence-electron chi connectivity index (χ2n) is 4.20. The molecule has 2 unspecified atom stereocenters. The van der Waals surface area contributed by atoms with Gasteiger partial charge in [0.05, 0.1) is 5.56 Å². The van der Waals surface area contributed by atoms with Crippen molar-refractivity contribution in [2.24, 2.45) is 5.92 Å².